The Hall–Kier alpha value is -2.54. The molecule has 1 aliphatic rings. The van der Waals surface area contributed by atoms with Gasteiger partial charge in [-0.3, -0.25) is 4.98 Å². The lowest BCUT2D eigenvalue weighted by Crippen LogP contribution is -2.07. The van der Waals surface area contributed by atoms with Crippen LogP contribution in [-0.4, -0.2) is 17.0 Å². The fourth-order valence-electron chi connectivity index (χ4n) is 2.39. The minimum absolute atomic E-state index is 0.607. The summed E-state index contributed by atoms with van der Waals surface area (Å²) >= 11 is 0. The molecule has 0 fully saturated rings. The van der Waals surface area contributed by atoms with Crippen molar-refractivity contribution in [1.29, 1.82) is 5.26 Å². The molecule has 0 atom stereocenters. The van der Waals surface area contributed by atoms with Crippen LogP contribution in [0.5, 0.6) is 5.75 Å². The second-order valence-corrected chi connectivity index (χ2v) is 4.47. The van der Waals surface area contributed by atoms with E-state index in [1.807, 2.05) is 30.3 Å². The SMILES string of the molecule is COc1ccc(-c2ccnc3c2CN(C#N)C3)cc1. The smallest absolute Gasteiger partial charge is 0.180 e. The van der Waals surface area contributed by atoms with E-state index < -0.39 is 0 Å². The Labute approximate surface area is 111 Å². The van der Waals surface area contributed by atoms with Gasteiger partial charge in [0.1, 0.15) is 5.75 Å². The zero-order valence-corrected chi connectivity index (χ0v) is 10.6. The molecule has 1 aliphatic heterocycles. The number of nitriles is 1. The summed E-state index contributed by atoms with van der Waals surface area (Å²) in [6, 6.07) is 9.95. The molecule has 0 N–H and O–H groups in total. The fraction of sp³-hybridized carbons (Fsp3) is 0.200. The van der Waals surface area contributed by atoms with Crippen molar-refractivity contribution < 1.29 is 4.74 Å². The molecule has 0 spiro atoms. The standard InChI is InChI=1S/C15H13N3O/c1-19-12-4-2-11(3-5-12)13-6-7-17-15-9-18(10-16)8-14(13)15/h2-7H,8-9H2,1H3. The predicted octanol–water partition coefficient (Wildman–Crippen LogP) is 2.55. The third-order valence-electron chi connectivity index (χ3n) is 3.38. The fourth-order valence-corrected chi connectivity index (χ4v) is 2.39. The quantitative estimate of drug-likeness (QED) is 0.770. The first-order chi connectivity index (χ1) is 9.31. The van der Waals surface area contributed by atoms with E-state index in [2.05, 4.69) is 11.2 Å². The molecule has 3 rings (SSSR count). The molecule has 4 heteroatoms. The van der Waals surface area contributed by atoms with Gasteiger partial charge >= 0.3 is 0 Å². The van der Waals surface area contributed by atoms with Crippen LogP contribution >= 0.6 is 0 Å². The number of rotatable bonds is 2. The normalized spacial score (nSPS) is 12.9. The molecule has 1 aromatic heterocycles. The van der Waals surface area contributed by atoms with Crippen LogP contribution in [-0.2, 0) is 13.1 Å². The van der Waals surface area contributed by atoms with E-state index in [0.29, 0.717) is 13.1 Å². The molecule has 0 unspecified atom stereocenters. The van der Waals surface area contributed by atoms with Gasteiger partial charge in [0, 0.05) is 11.8 Å². The number of fused-ring (bicyclic) bond motifs is 1. The topological polar surface area (TPSA) is 49.1 Å². The Morgan fingerprint density at radius 2 is 2.00 bits per heavy atom. The third-order valence-corrected chi connectivity index (χ3v) is 3.38. The van der Waals surface area contributed by atoms with Crippen LogP contribution in [0.3, 0.4) is 0 Å². The van der Waals surface area contributed by atoms with Crippen LogP contribution in [0.15, 0.2) is 36.5 Å². The van der Waals surface area contributed by atoms with E-state index in [1.165, 1.54) is 0 Å². The monoisotopic (exact) mass is 251 g/mol. The maximum Gasteiger partial charge on any atom is 0.180 e. The molecule has 0 amide bonds. The van der Waals surface area contributed by atoms with E-state index in [9.17, 15) is 0 Å². The van der Waals surface area contributed by atoms with Gasteiger partial charge in [-0.2, -0.15) is 5.26 Å². The highest BCUT2D eigenvalue weighted by Gasteiger charge is 2.22. The van der Waals surface area contributed by atoms with Crippen LogP contribution < -0.4 is 4.74 Å². The maximum atomic E-state index is 9.00. The highest BCUT2D eigenvalue weighted by atomic mass is 16.5. The first-order valence-electron chi connectivity index (χ1n) is 6.07. The zero-order valence-electron chi connectivity index (χ0n) is 10.6. The highest BCUT2D eigenvalue weighted by molar-refractivity contribution is 5.69. The summed E-state index contributed by atoms with van der Waals surface area (Å²) < 4.78 is 5.17. The molecule has 0 aliphatic carbocycles. The molecular formula is C15H13N3O. The summed E-state index contributed by atoms with van der Waals surface area (Å²) in [5, 5.41) is 9.00. The molecular weight excluding hydrogens is 238 g/mol. The maximum absolute atomic E-state index is 9.00. The summed E-state index contributed by atoms with van der Waals surface area (Å²) in [5.74, 6) is 0.841. The van der Waals surface area contributed by atoms with Gasteiger partial charge in [0.25, 0.3) is 0 Å². The van der Waals surface area contributed by atoms with E-state index in [-0.39, 0.29) is 0 Å². The van der Waals surface area contributed by atoms with Crippen molar-refractivity contribution in [2.75, 3.05) is 7.11 Å². The van der Waals surface area contributed by atoms with Gasteiger partial charge in [0.05, 0.1) is 25.9 Å². The number of methoxy groups -OCH3 is 1. The molecule has 94 valence electrons. The molecule has 0 saturated carbocycles. The van der Waals surface area contributed by atoms with Crippen LogP contribution in [0.1, 0.15) is 11.3 Å². The van der Waals surface area contributed by atoms with Crippen LogP contribution in [0.25, 0.3) is 11.1 Å². The number of hydrogen-bond donors (Lipinski definition) is 0. The Bertz CT molecular complexity index is 643. The number of benzene rings is 1. The Balaban J connectivity index is 2.03. The second-order valence-electron chi connectivity index (χ2n) is 4.47. The summed E-state index contributed by atoms with van der Waals surface area (Å²) in [7, 11) is 1.66. The van der Waals surface area contributed by atoms with Crippen molar-refractivity contribution in [3.8, 4) is 23.1 Å². The number of ether oxygens (including phenoxy) is 1. The lowest BCUT2D eigenvalue weighted by atomic mass is 10.0. The molecule has 0 saturated heterocycles. The minimum Gasteiger partial charge on any atom is -0.497 e. The van der Waals surface area contributed by atoms with E-state index in [4.69, 9.17) is 10.00 Å². The van der Waals surface area contributed by atoms with Crippen LogP contribution in [0, 0.1) is 11.5 Å². The van der Waals surface area contributed by atoms with E-state index in [0.717, 1.165) is 28.1 Å². The Morgan fingerprint density at radius 3 is 2.68 bits per heavy atom. The largest absolute Gasteiger partial charge is 0.497 e. The molecule has 2 aromatic rings. The van der Waals surface area contributed by atoms with Crippen molar-refractivity contribution in [2.45, 2.75) is 13.1 Å². The average Bonchev–Trinajstić information content (AvgIpc) is 2.90. The van der Waals surface area contributed by atoms with Crippen molar-refractivity contribution >= 4 is 0 Å². The average molecular weight is 251 g/mol. The van der Waals surface area contributed by atoms with Gasteiger partial charge in [-0.05, 0) is 29.3 Å². The van der Waals surface area contributed by atoms with Gasteiger partial charge in [0.2, 0.25) is 0 Å². The van der Waals surface area contributed by atoms with Crippen LogP contribution in [0.2, 0.25) is 0 Å². The van der Waals surface area contributed by atoms with Gasteiger partial charge in [-0.25, -0.2) is 0 Å². The molecule has 1 aromatic carbocycles. The van der Waals surface area contributed by atoms with Crippen molar-refractivity contribution in [2.24, 2.45) is 0 Å². The third kappa shape index (κ3) is 2.00. The molecule has 0 bridgehead atoms. The molecule has 2 heterocycles. The van der Waals surface area contributed by atoms with Crippen molar-refractivity contribution in [3.63, 3.8) is 0 Å². The van der Waals surface area contributed by atoms with Gasteiger partial charge < -0.3 is 9.64 Å². The number of aromatic nitrogens is 1. The van der Waals surface area contributed by atoms with Gasteiger partial charge in [-0.1, -0.05) is 12.1 Å². The van der Waals surface area contributed by atoms with Gasteiger partial charge in [0.15, 0.2) is 6.19 Å². The number of hydrogen-bond acceptors (Lipinski definition) is 4. The summed E-state index contributed by atoms with van der Waals surface area (Å²) in [6.07, 6.45) is 3.99. The summed E-state index contributed by atoms with van der Waals surface area (Å²) in [6.45, 7) is 1.25. The lowest BCUT2D eigenvalue weighted by molar-refractivity contribution is 0.414. The summed E-state index contributed by atoms with van der Waals surface area (Å²) in [5.41, 5.74) is 4.41. The highest BCUT2D eigenvalue weighted by Crippen LogP contribution is 2.31. The number of nitrogens with zero attached hydrogens (tertiary/aromatic N) is 3. The summed E-state index contributed by atoms with van der Waals surface area (Å²) in [4.78, 5) is 6.07. The minimum atomic E-state index is 0.607. The van der Waals surface area contributed by atoms with Crippen LogP contribution in [0.4, 0.5) is 0 Å². The van der Waals surface area contributed by atoms with E-state index >= 15 is 0 Å². The van der Waals surface area contributed by atoms with Crippen molar-refractivity contribution in [3.05, 3.63) is 47.8 Å². The van der Waals surface area contributed by atoms with Gasteiger partial charge in [-0.15, -0.1) is 0 Å². The Kier molecular flexibility index (Phi) is 2.81. The molecule has 0 radical (unpaired) electrons. The Morgan fingerprint density at radius 1 is 1.21 bits per heavy atom. The zero-order chi connectivity index (χ0) is 13.2. The molecule has 19 heavy (non-hydrogen) atoms. The molecule has 4 nitrogen and oxygen atoms in total. The van der Waals surface area contributed by atoms with E-state index in [1.54, 1.807) is 18.2 Å². The predicted molar refractivity (Wildman–Crippen MR) is 71.1 cm³/mol. The second kappa shape index (κ2) is 4.62. The first-order valence-corrected chi connectivity index (χ1v) is 6.07. The van der Waals surface area contributed by atoms with Crippen molar-refractivity contribution in [1.82, 2.24) is 9.88 Å². The lowest BCUT2D eigenvalue weighted by Gasteiger charge is -2.08. The first kappa shape index (κ1) is 11.5. The number of pyridine rings is 1.